The third-order valence-corrected chi connectivity index (χ3v) is 7.29. The number of benzene rings is 3. The minimum Gasteiger partial charge on any atom is -0.483 e. The molecule has 0 aliphatic heterocycles. The van der Waals surface area contributed by atoms with Crippen molar-refractivity contribution in [2.75, 3.05) is 13.2 Å². The number of unbranched alkanes of at least 4 members (excludes halogenated alkanes) is 1. The van der Waals surface area contributed by atoms with Crippen molar-refractivity contribution in [1.29, 1.82) is 0 Å². The molecule has 0 unspecified atom stereocenters. The molecule has 0 bridgehead atoms. The van der Waals surface area contributed by atoms with E-state index in [1.807, 2.05) is 43.3 Å². The van der Waals surface area contributed by atoms with Crippen molar-refractivity contribution < 1.29 is 14.3 Å². The molecule has 0 aromatic heterocycles. The van der Waals surface area contributed by atoms with Gasteiger partial charge in [-0.05, 0) is 63.3 Å². The fraction of sp³-hybridized carbons (Fsp3) is 0.333. The third-order valence-electron chi connectivity index (χ3n) is 5.73. The lowest BCUT2D eigenvalue weighted by Gasteiger charge is -2.30. The van der Waals surface area contributed by atoms with Gasteiger partial charge in [-0.3, -0.25) is 9.59 Å². The Morgan fingerprint density at radius 1 is 1.06 bits per heavy atom. The molecule has 3 aromatic carbocycles. The standard InChI is InChI=1S/C27H29BrCl2N2O3/c1-3-5-14-31-27(34)23(4-2)32(16-18-10-12-21(29)22(30)15-18)25(33)17-35-24-13-11-19-8-6-7-9-20(19)26(24)28/h6-13,15,23H,3-5,14,16-17H2,1-2H3,(H,31,34)/t23-/m0/s1. The lowest BCUT2D eigenvalue weighted by atomic mass is 10.1. The van der Waals surface area contributed by atoms with Gasteiger partial charge in [0.05, 0.1) is 14.5 Å². The summed E-state index contributed by atoms with van der Waals surface area (Å²) in [5.41, 5.74) is 0.777. The van der Waals surface area contributed by atoms with E-state index in [4.69, 9.17) is 27.9 Å². The van der Waals surface area contributed by atoms with E-state index in [1.165, 1.54) is 0 Å². The van der Waals surface area contributed by atoms with E-state index < -0.39 is 6.04 Å². The second kappa shape index (κ2) is 13.1. The van der Waals surface area contributed by atoms with E-state index in [2.05, 4.69) is 28.2 Å². The summed E-state index contributed by atoms with van der Waals surface area (Å²) < 4.78 is 6.71. The van der Waals surface area contributed by atoms with Crippen LogP contribution in [0.4, 0.5) is 0 Å². The summed E-state index contributed by atoms with van der Waals surface area (Å²) in [6.07, 6.45) is 2.31. The van der Waals surface area contributed by atoms with Gasteiger partial charge >= 0.3 is 0 Å². The van der Waals surface area contributed by atoms with Crippen molar-refractivity contribution in [2.24, 2.45) is 0 Å². The van der Waals surface area contributed by atoms with E-state index in [0.29, 0.717) is 28.8 Å². The fourth-order valence-corrected chi connectivity index (χ4v) is 4.74. The average molecular weight is 580 g/mol. The number of hydrogen-bond donors (Lipinski definition) is 1. The van der Waals surface area contributed by atoms with Crippen molar-refractivity contribution in [3.8, 4) is 5.75 Å². The zero-order chi connectivity index (χ0) is 25.4. The number of fused-ring (bicyclic) bond motifs is 1. The van der Waals surface area contributed by atoms with Crippen molar-refractivity contribution in [3.63, 3.8) is 0 Å². The lowest BCUT2D eigenvalue weighted by molar-refractivity contribution is -0.143. The van der Waals surface area contributed by atoms with Gasteiger partial charge in [-0.1, -0.05) is 79.9 Å². The fourth-order valence-electron chi connectivity index (χ4n) is 3.81. The number of carbonyl (C=O) groups is 2. The van der Waals surface area contributed by atoms with Crippen molar-refractivity contribution in [1.82, 2.24) is 10.2 Å². The molecule has 0 saturated heterocycles. The quantitative estimate of drug-likeness (QED) is 0.248. The van der Waals surface area contributed by atoms with Crippen LogP contribution in [0, 0.1) is 0 Å². The smallest absolute Gasteiger partial charge is 0.261 e. The number of ether oxygens (including phenoxy) is 1. The molecule has 0 aliphatic carbocycles. The topological polar surface area (TPSA) is 58.6 Å². The zero-order valence-electron chi connectivity index (χ0n) is 19.8. The van der Waals surface area contributed by atoms with Crippen LogP contribution < -0.4 is 10.1 Å². The SMILES string of the molecule is CCCCNC(=O)[C@H](CC)N(Cc1ccc(Cl)c(Cl)c1)C(=O)COc1ccc2ccccc2c1Br. The number of rotatable bonds is 11. The second-order valence-corrected chi connectivity index (χ2v) is 9.83. The molecule has 35 heavy (non-hydrogen) atoms. The van der Waals surface area contributed by atoms with Crippen LogP contribution in [0.3, 0.4) is 0 Å². The van der Waals surface area contributed by atoms with Gasteiger partial charge in [0.1, 0.15) is 11.8 Å². The Morgan fingerprint density at radius 2 is 1.83 bits per heavy atom. The number of amides is 2. The van der Waals surface area contributed by atoms with Gasteiger partial charge in [-0.2, -0.15) is 0 Å². The van der Waals surface area contributed by atoms with E-state index in [9.17, 15) is 9.59 Å². The zero-order valence-corrected chi connectivity index (χ0v) is 22.9. The Labute approximate surface area is 224 Å². The molecular formula is C27H29BrCl2N2O3. The molecule has 0 fully saturated rings. The van der Waals surface area contributed by atoms with Crippen molar-refractivity contribution >= 4 is 61.7 Å². The monoisotopic (exact) mass is 578 g/mol. The van der Waals surface area contributed by atoms with E-state index in [1.54, 1.807) is 23.1 Å². The molecule has 0 spiro atoms. The van der Waals surface area contributed by atoms with Crippen LogP contribution in [-0.2, 0) is 16.1 Å². The Bertz CT molecular complexity index is 1190. The number of nitrogens with zero attached hydrogens (tertiary/aromatic N) is 1. The number of nitrogens with one attached hydrogen (secondary N) is 1. The van der Waals surface area contributed by atoms with Gasteiger partial charge in [0, 0.05) is 13.1 Å². The lowest BCUT2D eigenvalue weighted by Crippen LogP contribution is -2.50. The largest absolute Gasteiger partial charge is 0.483 e. The molecule has 0 aliphatic rings. The predicted molar refractivity (Wildman–Crippen MR) is 146 cm³/mol. The van der Waals surface area contributed by atoms with Crippen molar-refractivity contribution in [3.05, 3.63) is 74.7 Å². The third kappa shape index (κ3) is 7.12. The molecule has 2 amide bonds. The van der Waals surface area contributed by atoms with Gasteiger partial charge < -0.3 is 15.0 Å². The van der Waals surface area contributed by atoms with E-state index in [-0.39, 0.29) is 25.0 Å². The summed E-state index contributed by atoms with van der Waals surface area (Å²) in [7, 11) is 0. The molecule has 3 aromatic rings. The minimum absolute atomic E-state index is 0.179. The Kier molecular flexibility index (Phi) is 10.3. The molecule has 0 radical (unpaired) electrons. The highest BCUT2D eigenvalue weighted by Crippen LogP contribution is 2.33. The van der Waals surface area contributed by atoms with Gasteiger partial charge in [0.25, 0.3) is 5.91 Å². The first-order valence-corrected chi connectivity index (χ1v) is 13.2. The maximum atomic E-state index is 13.4. The van der Waals surface area contributed by atoms with Crippen LogP contribution in [0.15, 0.2) is 59.1 Å². The van der Waals surface area contributed by atoms with Crippen LogP contribution in [0.1, 0.15) is 38.7 Å². The van der Waals surface area contributed by atoms with Crippen LogP contribution in [0.5, 0.6) is 5.75 Å². The highest BCUT2D eigenvalue weighted by atomic mass is 79.9. The molecule has 1 atom stereocenters. The first-order valence-electron chi connectivity index (χ1n) is 11.7. The Morgan fingerprint density at radius 3 is 2.54 bits per heavy atom. The molecule has 186 valence electrons. The van der Waals surface area contributed by atoms with Crippen LogP contribution in [0.25, 0.3) is 10.8 Å². The summed E-state index contributed by atoms with van der Waals surface area (Å²) in [6.45, 7) is 4.52. The highest BCUT2D eigenvalue weighted by molar-refractivity contribution is 9.10. The van der Waals surface area contributed by atoms with Crippen LogP contribution >= 0.6 is 39.1 Å². The molecule has 1 N–H and O–H groups in total. The first-order chi connectivity index (χ1) is 16.8. The summed E-state index contributed by atoms with van der Waals surface area (Å²) in [5, 5.41) is 5.84. The van der Waals surface area contributed by atoms with Crippen LogP contribution in [-0.4, -0.2) is 35.9 Å². The average Bonchev–Trinajstić information content (AvgIpc) is 2.85. The maximum Gasteiger partial charge on any atom is 0.261 e. The summed E-state index contributed by atoms with van der Waals surface area (Å²) in [5.74, 6) is 0.0850. The molecule has 5 nitrogen and oxygen atoms in total. The minimum atomic E-state index is -0.641. The van der Waals surface area contributed by atoms with Crippen LogP contribution in [0.2, 0.25) is 10.0 Å². The van der Waals surface area contributed by atoms with Gasteiger partial charge in [-0.15, -0.1) is 0 Å². The second-order valence-electron chi connectivity index (χ2n) is 8.23. The molecule has 0 heterocycles. The van der Waals surface area contributed by atoms with E-state index >= 15 is 0 Å². The van der Waals surface area contributed by atoms with Crippen molar-refractivity contribution in [2.45, 2.75) is 45.7 Å². The molecule has 3 rings (SSSR count). The highest BCUT2D eigenvalue weighted by Gasteiger charge is 2.29. The number of carbonyl (C=O) groups excluding carboxylic acids is 2. The Hall–Kier alpha value is -2.28. The maximum absolute atomic E-state index is 13.4. The summed E-state index contributed by atoms with van der Waals surface area (Å²) in [6, 6.07) is 16.3. The normalized spacial score (nSPS) is 11.8. The van der Waals surface area contributed by atoms with Gasteiger partial charge in [0.15, 0.2) is 6.61 Å². The number of hydrogen-bond acceptors (Lipinski definition) is 3. The predicted octanol–water partition coefficient (Wildman–Crippen LogP) is 7.01. The first kappa shape index (κ1) is 27.3. The van der Waals surface area contributed by atoms with E-state index in [0.717, 1.165) is 33.7 Å². The summed E-state index contributed by atoms with van der Waals surface area (Å²) >= 11 is 15.9. The van der Waals surface area contributed by atoms with Gasteiger partial charge in [-0.25, -0.2) is 0 Å². The molecular weight excluding hydrogens is 551 g/mol. The number of halogens is 3. The molecule has 0 saturated carbocycles. The summed E-state index contributed by atoms with van der Waals surface area (Å²) in [4.78, 5) is 28.0. The Balaban J connectivity index is 1.82. The van der Waals surface area contributed by atoms with Gasteiger partial charge in [0.2, 0.25) is 5.91 Å². The molecule has 8 heteroatoms.